The van der Waals surface area contributed by atoms with E-state index in [1.165, 1.54) is 69.9 Å². The second-order valence-electron chi connectivity index (χ2n) is 6.94. The van der Waals surface area contributed by atoms with Crippen LogP contribution in [0.25, 0.3) is 0 Å². The molecule has 0 saturated heterocycles. The van der Waals surface area contributed by atoms with Crippen molar-refractivity contribution >= 4 is 10.1 Å². The molecule has 0 bridgehead atoms. The molecule has 0 amide bonds. The number of aromatic nitrogens is 1. The fraction of sp³-hybridized carbons (Fsp3) is 0.545. The van der Waals surface area contributed by atoms with E-state index in [0.717, 1.165) is 18.4 Å². The maximum atomic E-state index is 10.9. The highest BCUT2D eigenvalue weighted by Gasteiger charge is 2.08. The second kappa shape index (κ2) is 14.5. The zero-order chi connectivity index (χ0) is 19.8. The molecule has 0 atom stereocenters. The van der Waals surface area contributed by atoms with Gasteiger partial charge in [0, 0.05) is 12.4 Å². The molecule has 2 rings (SSSR count). The van der Waals surface area contributed by atoms with Crippen LogP contribution in [-0.4, -0.2) is 18.0 Å². The Kier molecular flexibility index (Phi) is 12.6. The van der Waals surface area contributed by atoms with Gasteiger partial charge in [-0.1, -0.05) is 76.8 Å². The summed E-state index contributed by atoms with van der Waals surface area (Å²) >= 11 is 0. The first-order valence-electron chi connectivity index (χ1n) is 10.2. The Morgan fingerprint density at radius 3 is 1.67 bits per heavy atom. The van der Waals surface area contributed by atoms with Crippen LogP contribution in [0.2, 0.25) is 0 Å². The van der Waals surface area contributed by atoms with Crippen molar-refractivity contribution in [2.45, 2.75) is 82.4 Å². The van der Waals surface area contributed by atoms with E-state index >= 15 is 0 Å². The van der Waals surface area contributed by atoms with E-state index in [1.807, 2.05) is 24.5 Å². The van der Waals surface area contributed by atoms with Crippen LogP contribution in [0.3, 0.4) is 0 Å². The average Bonchev–Trinajstić information content (AvgIpc) is 3.23. The summed E-state index contributed by atoms with van der Waals surface area (Å²) in [6.45, 7) is 2.25. The van der Waals surface area contributed by atoms with Gasteiger partial charge in [0.05, 0.1) is 4.90 Å². The minimum atomic E-state index is -4.06. The highest BCUT2D eigenvalue weighted by molar-refractivity contribution is 7.85. The number of benzene rings is 1. The minimum Gasteiger partial charge on any atom is -0.368 e. The zero-order valence-corrected chi connectivity index (χ0v) is 17.4. The summed E-state index contributed by atoms with van der Waals surface area (Å²) in [5, 5.41) is 0. The number of aromatic amines is 1. The summed E-state index contributed by atoms with van der Waals surface area (Å²) in [7, 11) is -4.06. The zero-order valence-electron chi connectivity index (χ0n) is 16.6. The number of aryl methyl sites for hydroxylation is 1. The molecule has 0 aliphatic rings. The monoisotopic (exact) mass is 393 g/mol. The molecule has 1 aromatic heterocycles. The van der Waals surface area contributed by atoms with Crippen LogP contribution in [0, 0.1) is 0 Å². The largest absolute Gasteiger partial charge is 0.368 e. The van der Waals surface area contributed by atoms with Gasteiger partial charge < -0.3 is 4.98 Å². The van der Waals surface area contributed by atoms with Gasteiger partial charge in [-0.25, -0.2) is 0 Å². The first kappa shape index (κ1) is 23.4. The number of hydrogen-bond acceptors (Lipinski definition) is 2. The van der Waals surface area contributed by atoms with E-state index in [0.29, 0.717) is 0 Å². The molecule has 0 saturated carbocycles. The summed E-state index contributed by atoms with van der Waals surface area (Å²) in [6, 6.07) is 10.4. The topological polar surface area (TPSA) is 70.2 Å². The van der Waals surface area contributed by atoms with E-state index < -0.39 is 10.1 Å². The van der Waals surface area contributed by atoms with Gasteiger partial charge in [0.1, 0.15) is 0 Å². The van der Waals surface area contributed by atoms with Crippen LogP contribution in [0.1, 0.15) is 76.7 Å². The van der Waals surface area contributed by atoms with Gasteiger partial charge in [-0.05, 0) is 42.7 Å². The molecule has 1 heterocycles. The summed E-state index contributed by atoms with van der Waals surface area (Å²) in [6.07, 6.45) is 17.9. The quantitative estimate of drug-likeness (QED) is 0.323. The molecule has 0 radical (unpaired) electrons. The predicted molar refractivity (Wildman–Crippen MR) is 113 cm³/mol. The van der Waals surface area contributed by atoms with Gasteiger partial charge in [0.15, 0.2) is 0 Å². The molecule has 4 nitrogen and oxygen atoms in total. The fourth-order valence-electron chi connectivity index (χ4n) is 2.92. The molecule has 2 N–H and O–H groups in total. The van der Waals surface area contributed by atoms with Crippen molar-refractivity contribution in [2.24, 2.45) is 0 Å². The van der Waals surface area contributed by atoms with Gasteiger partial charge in [-0.3, -0.25) is 4.55 Å². The molecule has 0 unspecified atom stereocenters. The normalized spacial score (nSPS) is 11.0. The predicted octanol–water partition coefficient (Wildman–Crippen LogP) is 6.41. The fourth-order valence-corrected chi connectivity index (χ4v) is 3.40. The first-order chi connectivity index (χ1) is 13.0. The van der Waals surface area contributed by atoms with E-state index in [4.69, 9.17) is 4.55 Å². The highest BCUT2D eigenvalue weighted by Crippen LogP contribution is 2.14. The van der Waals surface area contributed by atoms with Crippen molar-refractivity contribution < 1.29 is 13.0 Å². The van der Waals surface area contributed by atoms with Crippen LogP contribution < -0.4 is 0 Å². The van der Waals surface area contributed by atoms with Gasteiger partial charge in [-0.15, -0.1) is 0 Å². The maximum absolute atomic E-state index is 10.9. The lowest BCUT2D eigenvalue weighted by Crippen LogP contribution is -1.98. The van der Waals surface area contributed by atoms with Gasteiger partial charge in [-0.2, -0.15) is 8.42 Å². The Bertz CT molecular complexity index is 647. The number of rotatable bonds is 12. The van der Waals surface area contributed by atoms with Crippen LogP contribution in [0.15, 0.2) is 53.7 Å². The van der Waals surface area contributed by atoms with Gasteiger partial charge in [0.25, 0.3) is 10.1 Å². The van der Waals surface area contributed by atoms with Crippen molar-refractivity contribution in [3.63, 3.8) is 0 Å². The van der Waals surface area contributed by atoms with Crippen molar-refractivity contribution in [1.29, 1.82) is 0 Å². The summed E-state index contributed by atoms with van der Waals surface area (Å²) in [5.41, 5.74) is 1.13. The van der Waals surface area contributed by atoms with E-state index in [2.05, 4.69) is 11.9 Å². The summed E-state index contributed by atoms with van der Waals surface area (Å²) in [4.78, 5) is 2.83. The van der Waals surface area contributed by atoms with Gasteiger partial charge in [0.2, 0.25) is 0 Å². The molecule has 0 fully saturated rings. The molecule has 152 valence electrons. The summed E-state index contributed by atoms with van der Waals surface area (Å²) in [5.74, 6) is 0. The third-order valence-corrected chi connectivity index (χ3v) is 5.40. The minimum absolute atomic E-state index is 0.0284. The standard InChI is InChI=1S/C18H30O3S.C4H5N/c1-2-3-4-5-6-7-8-9-10-11-12-17-13-15-18(16-14-17)22(19,20)21;1-2-4-5-3-1/h13-16H,2-12H2,1H3,(H,19,20,21);1-5H. The molecule has 5 heteroatoms. The van der Waals surface area contributed by atoms with Crippen LogP contribution in [0.5, 0.6) is 0 Å². The molecular weight excluding hydrogens is 358 g/mol. The van der Waals surface area contributed by atoms with Crippen molar-refractivity contribution in [1.82, 2.24) is 4.98 Å². The second-order valence-corrected chi connectivity index (χ2v) is 8.36. The number of hydrogen-bond donors (Lipinski definition) is 2. The smallest absolute Gasteiger partial charge is 0.294 e. The highest BCUT2D eigenvalue weighted by atomic mass is 32.2. The Hall–Kier alpha value is -1.59. The maximum Gasteiger partial charge on any atom is 0.294 e. The Morgan fingerprint density at radius 1 is 0.778 bits per heavy atom. The molecule has 1 aromatic carbocycles. The molecule has 2 aromatic rings. The Labute approximate surface area is 165 Å². The van der Waals surface area contributed by atoms with E-state index in [1.54, 1.807) is 12.1 Å². The molecule has 0 aliphatic heterocycles. The lowest BCUT2D eigenvalue weighted by atomic mass is 10.0. The Balaban J connectivity index is 0.000000625. The lowest BCUT2D eigenvalue weighted by Gasteiger charge is -2.04. The molecule has 0 aliphatic carbocycles. The number of nitrogens with one attached hydrogen (secondary N) is 1. The number of H-pyrrole nitrogens is 1. The molecular formula is C22H35NO3S. The molecule has 0 spiro atoms. The third kappa shape index (κ3) is 12.4. The summed E-state index contributed by atoms with van der Waals surface area (Å²) < 4.78 is 30.8. The SMILES string of the molecule is CCCCCCCCCCCCc1ccc(S(=O)(=O)O)cc1.c1cc[nH]c1. The van der Waals surface area contributed by atoms with E-state index in [-0.39, 0.29) is 4.90 Å². The van der Waals surface area contributed by atoms with Crippen LogP contribution in [0.4, 0.5) is 0 Å². The van der Waals surface area contributed by atoms with Crippen molar-refractivity contribution in [2.75, 3.05) is 0 Å². The Morgan fingerprint density at radius 2 is 1.26 bits per heavy atom. The van der Waals surface area contributed by atoms with E-state index in [9.17, 15) is 8.42 Å². The number of unbranched alkanes of at least 4 members (excludes halogenated alkanes) is 9. The molecule has 27 heavy (non-hydrogen) atoms. The van der Waals surface area contributed by atoms with Crippen LogP contribution in [-0.2, 0) is 16.5 Å². The van der Waals surface area contributed by atoms with Gasteiger partial charge >= 0.3 is 0 Å². The van der Waals surface area contributed by atoms with Crippen molar-refractivity contribution in [3.8, 4) is 0 Å². The van der Waals surface area contributed by atoms with Crippen LogP contribution >= 0.6 is 0 Å². The lowest BCUT2D eigenvalue weighted by molar-refractivity contribution is 0.483. The average molecular weight is 394 g/mol. The third-order valence-electron chi connectivity index (χ3n) is 4.54. The first-order valence-corrected chi connectivity index (χ1v) is 11.6. The van der Waals surface area contributed by atoms with Crippen molar-refractivity contribution in [3.05, 3.63) is 54.4 Å².